The summed E-state index contributed by atoms with van der Waals surface area (Å²) >= 11 is 0. The SMILES string of the molecule is CC(=O)O[C@H]1C[C@@H]2C[C@H](OC(=O)CCCCC(C)C)C[C@H]1N2C. The molecule has 0 aromatic carbocycles. The second kappa shape index (κ2) is 8.13. The molecule has 0 aromatic rings. The Morgan fingerprint density at radius 2 is 1.87 bits per heavy atom. The van der Waals surface area contributed by atoms with E-state index >= 15 is 0 Å². The van der Waals surface area contributed by atoms with Crippen LogP contribution in [0.5, 0.6) is 0 Å². The molecule has 0 spiro atoms. The fourth-order valence-corrected chi connectivity index (χ4v) is 3.88. The summed E-state index contributed by atoms with van der Waals surface area (Å²) in [5.74, 6) is 0.384. The van der Waals surface area contributed by atoms with E-state index in [1.807, 2.05) is 0 Å². The highest BCUT2D eigenvalue weighted by Gasteiger charge is 2.47. The number of carbonyl (C=O) groups is 2. The van der Waals surface area contributed by atoms with Crippen molar-refractivity contribution in [1.82, 2.24) is 4.90 Å². The van der Waals surface area contributed by atoms with Gasteiger partial charge in [-0.1, -0.05) is 26.7 Å². The fraction of sp³-hybridized carbons (Fsp3) is 0.889. The number of unbranched alkanes of at least 4 members (excludes halogenated alkanes) is 1. The molecule has 2 rings (SSSR count). The van der Waals surface area contributed by atoms with Gasteiger partial charge in [-0.2, -0.15) is 0 Å². The van der Waals surface area contributed by atoms with Gasteiger partial charge in [0.05, 0.1) is 6.04 Å². The molecule has 0 aliphatic carbocycles. The summed E-state index contributed by atoms with van der Waals surface area (Å²) in [7, 11) is 2.07. The van der Waals surface area contributed by atoms with Crippen LogP contribution in [0.1, 0.15) is 65.7 Å². The zero-order chi connectivity index (χ0) is 17.0. The quantitative estimate of drug-likeness (QED) is 0.532. The summed E-state index contributed by atoms with van der Waals surface area (Å²) in [6.45, 7) is 5.86. The van der Waals surface area contributed by atoms with E-state index in [2.05, 4.69) is 25.8 Å². The Hall–Kier alpha value is -1.10. The molecule has 132 valence electrons. The Labute approximate surface area is 139 Å². The van der Waals surface area contributed by atoms with E-state index < -0.39 is 0 Å². The van der Waals surface area contributed by atoms with Gasteiger partial charge in [0.1, 0.15) is 12.2 Å². The summed E-state index contributed by atoms with van der Waals surface area (Å²) in [5.41, 5.74) is 0. The van der Waals surface area contributed by atoms with Crippen molar-refractivity contribution in [2.45, 2.75) is 90.0 Å². The van der Waals surface area contributed by atoms with Crippen LogP contribution in [-0.4, -0.2) is 48.2 Å². The van der Waals surface area contributed by atoms with Gasteiger partial charge in [-0.15, -0.1) is 0 Å². The highest BCUT2D eigenvalue weighted by Crippen LogP contribution is 2.37. The lowest BCUT2D eigenvalue weighted by atomic mass is 10.00. The minimum Gasteiger partial charge on any atom is -0.462 e. The molecule has 0 unspecified atom stereocenters. The molecule has 2 heterocycles. The molecule has 0 N–H and O–H groups in total. The average Bonchev–Trinajstić information content (AvgIpc) is 2.63. The summed E-state index contributed by atoms with van der Waals surface area (Å²) in [6, 6.07) is 0.522. The van der Waals surface area contributed by atoms with Crippen LogP contribution in [0.2, 0.25) is 0 Å². The van der Waals surface area contributed by atoms with Crippen LogP contribution in [-0.2, 0) is 19.1 Å². The molecule has 2 saturated heterocycles. The first-order valence-electron chi connectivity index (χ1n) is 8.95. The first kappa shape index (κ1) is 18.2. The van der Waals surface area contributed by atoms with Crippen molar-refractivity contribution < 1.29 is 19.1 Å². The summed E-state index contributed by atoms with van der Waals surface area (Å²) in [4.78, 5) is 25.5. The second-order valence-corrected chi connectivity index (χ2v) is 7.49. The topological polar surface area (TPSA) is 55.8 Å². The van der Waals surface area contributed by atoms with Crippen LogP contribution in [0.15, 0.2) is 0 Å². The van der Waals surface area contributed by atoms with Gasteiger partial charge in [0.25, 0.3) is 0 Å². The Bertz CT molecular complexity index is 423. The first-order valence-corrected chi connectivity index (χ1v) is 8.95. The lowest BCUT2D eigenvalue weighted by molar-refractivity contribution is -0.155. The van der Waals surface area contributed by atoms with Crippen molar-refractivity contribution in [1.29, 1.82) is 0 Å². The summed E-state index contributed by atoms with van der Waals surface area (Å²) < 4.78 is 11.1. The molecule has 0 saturated carbocycles. The molecule has 2 aliphatic heterocycles. The van der Waals surface area contributed by atoms with E-state index in [1.165, 1.54) is 6.92 Å². The molecular weight excluding hydrogens is 294 g/mol. The maximum absolute atomic E-state index is 12.0. The Morgan fingerprint density at radius 3 is 2.52 bits per heavy atom. The molecule has 0 aromatic heterocycles. The molecule has 23 heavy (non-hydrogen) atoms. The van der Waals surface area contributed by atoms with Crippen LogP contribution in [0.4, 0.5) is 0 Å². The minimum atomic E-state index is -0.227. The van der Waals surface area contributed by atoms with Crippen LogP contribution < -0.4 is 0 Å². The van der Waals surface area contributed by atoms with Gasteiger partial charge in [0.2, 0.25) is 0 Å². The number of likely N-dealkylation sites (N-methyl/N-ethyl adjacent to an activating group) is 1. The van der Waals surface area contributed by atoms with Gasteiger partial charge in [0.15, 0.2) is 0 Å². The molecule has 4 atom stereocenters. The minimum absolute atomic E-state index is 0.0284. The van der Waals surface area contributed by atoms with Crippen molar-refractivity contribution >= 4 is 11.9 Å². The first-order chi connectivity index (χ1) is 10.9. The number of carbonyl (C=O) groups excluding carboxylic acids is 2. The number of esters is 2. The summed E-state index contributed by atoms with van der Waals surface area (Å²) in [6.07, 6.45) is 6.05. The van der Waals surface area contributed by atoms with Crippen molar-refractivity contribution in [2.24, 2.45) is 5.92 Å². The zero-order valence-corrected chi connectivity index (χ0v) is 14.9. The molecule has 2 bridgehead atoms. The van der Waals surface area contributed by atoms with E-state index in [1.54, 1.807) is 0 Å². The third-order valence-electron chi connectivity index (χ3n) is 5.10. The molecule has 0 amide bonds. The standard InChI is InChI=1S/C18H31NO4/c1-12(2)7-5-6-8-18(21)23-15-9-14-10-17(22-13(3)20)16(11-15)19(14)4/h12,14-17H,5-11H2,1-4H3/t14-,15-,16+,17-/m0/s1. The van der Waals surface area contributed by atoms with E-state index in [0.29, 0.717) is 18.4 Å². The fourth-order valence-electron chi connectivity index (χ4n) is 3.88. The average molecular weight is 325 g/mol. The van der Waals surface area contributed by atoms with E-state index in [4.69, 9.17) is 9.47 Å². The van der Waals surface area contributed by atoms with Gasteiger partial charge in [-0.25, -0.2) is 0 Å². The Morgan fingerprint density at radius 1 is 1.13 bits per heavy atom. The third-order valence-corrected chi connectivity index (χ3v) is 5.10. The molecule has 5 nitrogen and oxygen atoms in total. The van der Waals surface area contributed by atoms with Gasteiger partial charge in [-0.05, 0) is 19.4 Å². The van der Waals surface area contributed by atoms with Crippen LogP contribution in [0.25, 0.3) is 0 Å². The number of fused-ring (bicyclic) bond motifs is 2. The number of hydrogen-bond donors (Lipinski definition) is 0. The molecule has 5 heteroatoms. The normalized spacial score (nSPS) is 30.5. The van der Waals surface area contributed by atoms with E-state index in [0.717, 1.165) is 38.5 Å². The number of nitrogens with zero attached hydrogens (tertiary/aromatic N) is 1. The highest BCUT2D eigenvalue weighted by molar-refractivity contribution is 5.69. The number of rotatable bonds is 7. The predicted molar refractivity (Wildman–Crippen MR) is 87.9 cm³/mol. The third kappa shape index (κ3) is 5.20. The van der Waals surface area contributed by atoms with Crippen LogP contribution in [0, 0.1) is 5.92 Å². The van der Waals surface area contributed by atoms with Crippen molar-refractivity contribution in [3.05, 3.63) is 0 Å². The maximum Gasteiger partial charge on any atom is 0.306 e. The van der Waals surface area contributed by atoms with Gasteiger partial charge in [0, 0.05) is 38.6 Å². The number of ether oxygens (including phenoxy) is 2. The number of hydrogen-bond acceptors (Lipinski definition) is 5. The van der Waals surface area contributed by atoms with Crippen molar-refractivity contribution in [3.8, 4) is 0 Å². The predicted octanol–water partition coefficient (Wildman–Crippen LogP) is 2.91. The van der Waals surface area contributed by atoms with Crippen molar-refractivity contribution in [3.63, 3.8) is 0 Å². The maximum atomic E-state index is 12.0. The van der Waals surface area contributed by atoms with Gasteiger partial charge in [-0.3, -0.25) is 14.5 Å². The Balaban J connectivity index is 1.75. The van der Waals surface area contributed by atoms with Crippen molar-refractivity contribution in [2.75, 3.05) is 7.05 Å². The van der Waals surface area contributed by atoms with Gasteiger partial charge < -0.3 is 9.47 Å². The lowest BCUT2D eigenvalue weighted by Crippen LogP contribution is -2.46. The van der Waals surface area contributed by atoms with Crippen LogP contribution in [0.3, 0.4) is 0 Å². The van der Waals surface area contributed by atoms with Gasteiger partial charge >= 0.3 is 11.9 Å². The molecule has 0 radical (unpaired) electrons. The van der Waals surface area contributed by atoms with E-state index in [9.17, 15) is 9.59 Å². The largest absolute Gasteiger partial charge is 0.462 e. The Kier molecular flexibility index (Phi) is 6.45. The number of piperidine rings is 1. The molecule has 2 aliphatic rings. The zero-order valence-electron chi connectivity index (χ0n) is 14.9. The molecule has 2 fully saturated rings. The van der Waals surface area contributed by atoms with E-state index in [-0.39, 0.29) is 30.2 Å². The smallest absolute Gasteiger partial charge is 0.306 e. The highest BCUT2D eigenvalue weighted by atomic mass is 16.6. The second-order valence-electron chi connectivity index (χ2n) is 7.49. The summed E-state index contributed by atoms with van der Waals surface area (Å²) in [5, 5.41) is 0. The molecular formula is C18H31NO4. The van der Waals surface area contributed by atoms with Crippen LogP contribution >= 0.6 is 0 Å². The lowest BCUT2D eigenvalue weighted by Gasteiger charge is -2.36. The monoisotopic (exact) mass is 325 g/mol.